The van der Waals surface area contributed by atoms with Gasteiger partial charge in [0.05, 0.1) is 17.9 Å². The molecule has 170 valence electrons. The minimum absolute atomic E-state index is 0.0173. The molecule has 1 atom stereocenters. The lowest BCUT2D eigenvalue weighted by Gasteiger charge is -2.40. The summed E-state index contributed by atoms with van der Waals surface area (Å²) in [6.45, 7) is 8.31. The molecule has 0 bridgehead atoms. The van der Waals surface area contributed by atoms with E-state index in [1.54, 1.807) is 36.1 Å². The number of benzene rings is 3. The summed E-state index contributed by atoms with van der Waals surface area (Å²) in [6.07, 6.45) is 0. The zero-order valence-electron chi connectivity index (χ0n) is 19.1. The Bertz CT molecular complexity index is 1200. The molecule has 0 fully saturated rings. The second kappa shape index (κ2) is 8.43. The molecule has 0 aliphatic carbocycles. The van der Waals surface area contributed by atoms with E-state index in [1.165, 1.54) is 16.5 Å². The lowest BCUT2D eigenvalue weighted by Crippen LogP contribution is -2.54. The fourth-order valence-corrected chi connectivity index (χ4v) is 4.12. The second-order valence-electron chi connectivity index (χ2n) is 9.31. The maximum Gasteiger partial charge on any atom is 0.265 e. The maximum absolute atomic E-state index is 14.4. The van der Waals surface area contributed by atoms with Crippen molar-refractivity contribution in [3.63, 3.8) is 0 Å². The summed E-state index contributed by atoms with van der Waals surface area (Å²) in [6, 6.07) is 17.4. The van der Waals surface area contributed by atoms with Crippen molar-refractivity contribution in [2.75, 3.05) is 9.80 Å². The smallest absolute Gasteiger partial charge is 0.265 e. The van der Waals surface area contributed by atoms with Gasteiger partial charge >= 0.3 is 0 Å². The average molecular weight is 449 g/mol. The zero-order valence-corrected chi connectivity index (χ0v) is 19.1. The number of carbonyl (C=O) groups excluding carboxylic acids is 2. The molecule has 0 radical (unpaired) electrons. The molecule has 4 nitrogen and oxygen atoms in total. The van der Waals surface area contributed by atoms with Gasteiger partial charge in [0, 0.05) is 0 Å². The number of para-hydroxylation sites is 2. The number of hydrogen-bond acceptors (Lipinski definition) is 2. The summed E-state index contributed by atoms with van der Waals surface area (Å²) < 4.78 is 28.7. The van der Waals surface area contributed by atoms with E-state index in [1.807, 2.05) is 12.1 Å². The Morgan fingerprint density at radius 1 is 0.879 bits per heavy atom. The number of anilines is 2. The van der Waals surface area contributed by atoms with Gasteiger partial charge < -0.3 is 4.90 Å². The van der Waals surface area contributed by atoms with Crippen LogP contribution in [0.4, 0.5) is 20.2 Å². The van der Waals surface area contributed by atoms with E-state index in [9.17, 15) is 18.4 Å². The van der Waals surface area contributed by atoms with Crippen LogP contribution in [0.5, 0.6) is 0 Å². The van der Waals surface area contributed by atoms with Gasteiger partial charge in [-0.25, -0.2) is 8.78 Å². The third-order valence-electron chi connectivity index (χ3n) is 6.00. The standard InChI is InChI=1S/C27H26F2N2O2/c1-17-25(32)30(16-18-12-14-19(15-13-18)27(2,3)4)22-10-5-6-11-23(22)31(17)26(33)24-20(28)8-7-9-21(24)29/h5-15,17H,16H2,1-4H3. The molecular formula is C27H26F2N2O2. The second-order valence-corrected chi connectivity index (χ2v) is 9.31. The van der Waals surface area contributed by atoms with Crippen LogP contribution in [0, 0.1) is 11.6 Å². The number of hydrogen-bond donors (Lipinski definition) is 0. The molecule has 0 saturated carbocycles. The largest absolute Gasteiger partial charge is 0.304 e. The van der Waals surface area contributed by atoms with Crippen LogP contribution in [-0.2, 0) is 16.8 Å². The molecule has 1 aliphatic rings. The van der Waals surface area contributed by atoms with E-state index in [-0.39, 0.29) is 11.3 Å². The van der Waals surface area contributed by atoms with Gasteiger partial charge in [-0.05, 0) is 47.7 Å². The first-order valence-corrected chi connectivity index (χ1v) is 10.9. The summed E-state index contributed by atoms with van der Waals surface area (Å²) >= 11 is 0. The van der Waals surface area contributed by atoms with Crippen molar-refractivity contribution in [3.05, 3.63) is 95.1 Å². The zero-order chi connectivity index (χ0) is 23.9. The van der Waals surface area contributed by atoms with Gasteiger partial charge in [0.25, 0.3) is 5.91 Å². The Kier molecular flexibility index (Phi) is 5.78. The van der Waals surface area contributed by atoms with Crippen molar-refractivity contribution < 1.29 is 18.4 Å². The lowest BCUT2D eigenvalue weighted by molar-refractivity contribution is -0.119. The molecule has 1 heterocycles. The summed E-state index contributed by atoms with van der Waals surface area (Å²) in [7, 11) is 0. The number of rotatable bonds is 3. The molecule has 0 spiro atoms. The Morgan fingerprint density at radius 3 is 2.03 bits per heavy atom. The minimum atomic E-state index is -0.960. The fraction of sp³-hybridized carbons (Fsp3) is 0.259. The summed E-state index contributed by atoms with van der Waals surface area (Å²) in [5, 5.41) is 0. The molecule has 1 unspecified atom stereocenters. The van der Waals surface area contributed by atoms with Crippen LogP contribution in [-0.4, -0.2) is 17.9 Å². The SMILES string of the molecule is CC1C(=O)N(Cc2ccc(C(C)(C)C)cc2)c2ccccc2N1C(=O)c1c(F)cccc1F. The Morgan fingerprint density at radius 2 is 1.45 bits per heavy atom. The Hall–Kier alpha value is -3.54. The molecule has 0 aromatic heterocycles. The third-order valence-corrected chi connectivity index (χ3v) is 6.00. The predicted molar refractivity (Wildman–Crippen MR) is 125 cm³/mol. The number of nitrogens with zero attached hydrogens (tertiary/aromatic N) is 2. The average Bonchev–Trinajstić information content (AvgIpc) is 2.76. The molecule has 0 saturated heterocycles. The van der Waals surface area contributed by atoms with Gasteiger partial charge in [-0.2, -0.15) is 0 Å². The number of carbonyl (C=O) groups is 2. The van der Waals surface area contributed by atoms with Crippen molar-refractivity contribution >= 4 is 23.2 Å². The first kappa shape index (κ1) is 22.6. The van der Waals surface area contributed by atoms with Gasteiger partial charge in [-0.3, -0.25) is 14.5 Å². The van der Waals surface area contributed by atoms with Crippen molar-refractivity contribution in [1.82, 2.24) is 0 Å². The van der Waals surface area contributed by atoms with Crippen LogP contribution in [0.15, 0.2) is 66.7 Å². The predicted octanol–water partition coefficient (Wildman–Crippen LogP) is 5.84. The van der Waals surface area contributed by atoms with Gasteiger partial charge in [-0.1, -0.05) is 63.2 Å². The first-order valence-electron chi connectivity index (χ1n) is 10.9. The fourth-order valence-electron chi connectivity index (χ4n) is 4.12. The van der Waals surface area contributed by atoms with E-state index in [4.69, 9.17) is 0 Å². The highest BCUT2D eigenvalue weighted by Crippen LogP contribution is 2.38. The number of fused-ring (bicyclic) bond motifs is 1. The molecule has 4 rings (SSSR count). The number of amides is 2. The number of halogens is 2. The van der Waals surface area contributed by atoms with E-state index in [0.29, 0.717) is 17.9 Å². The molecule has 6 heteroatoms. The van der Waals surface area contributed by atoms with Crippen LogP contribution >= 0.6 is 0 Å². The highest BCUT2D eigenvalue weighted by Gasteiger charge is 2.40. The highest BCUT2D eigenvalue weighted by molar-refractivity contribution is 6.17. The first-order chi connectivity index (χ1) is 15.6. The Labute approximate surface area is 192 Å². The van der Waals surface area contributed by atoms with E-state index in [0.717, 1.165) is 17.7 Å². The van der Waals surface area contributed by atoms with Crippen molar-refractivity contribution in [2.45, 2.75) is 45.7 Å². The summed E-state index contributed by atoms with van der Waals surface area (Å²) in [5.74, 6) is -3.12. The van der Waals surface area contributed by atoms with E-state index in [2.05, 4.69) is 32.9 Å². The van der Waals surface area contributed by atoms with Gasteiger partial charge in [0.15, 0.2) is 0 Å². The summed E-state index contributed by atoms with van der Waals surface area (Å²) in [5.41, 5.74) is 2.43. The molecule has 33 heavy (non-hydrogen) atoms. The molecule has 0 N–H and O–H groups in total. The molecular weight excluding hydrogens is 422 g/mol. The maximum atomic E-state index is 14.4. The van der Waals surface area contributed by atoms with Crippen molar-refractivity contribution in [2.24, 2.45) is 0 Å². The quantitative estimate of drug-likeness (QED) is 0.505. The van der Waals surface area contributed by atoms with Crippen LogP contribution in [0.1, 0.15) is 49.2 Å². The van der Waals surface area contributed by atoms with Crippen LogP contribution in [0.2, 0.25) is 0 Å². The molecule has 3 aromatic carbocycles. The van der Waals surface area contributed by atoms with Crippen molar-refractivity contribution in [3.8, 4) is 0 Å². The van der Waals surface area contributed by atoms with Crippen LogP contribution < -0.4 is 9.80 Å². The van der Waals surface area contributed by atoms with Crippen molar-refractivity contribution in [1.29, 1.82) is 0 Å². The van der Waals surface area contributed by atoms with Gasteiger partial charge in [0.1, 0.15) is 23.2 Å². The summed E-state index contributed by atoms with van der Waals surface area (Å²) in [4.78, 5) is 29.4. The Balaban J connectivity index is 1.72. The molecule has 3 aromatic rings. The minimum Gasteiger partial charge on any atom is -0.304 e. The van der Waals surface area contributed by atoms with Crippen LogP contribution in [0.3, 0.4) is 0 Å². The molecule has 1 aliphatic heterocycles. The van der Waals surface area contributed by atoms with E-state index < -0.39 is 29.1 Å². The highest BCUT2D eigenvalue weighted by atomic mass is 19.1. The topological polar surface area (TPSA) is 40.6 Å². The monoisotopic (exact) mass is 448 g/mol. The van der Waals surface area contributed by atoms with Gasteiger partial charge in [0.2, 0.25) is 5.91 Å². The third kappa shape index (κ3) is 4.13. The lowest BCUT2D eigenvalue weighted by atomic mass is 9.86. The van der Waals surface area contributed by atoms with Crippen LogP contribution in [0.25, 0.3) is 0 Å². The van der Waals surface area contributed by atoms with E-state index >= 15 is 0 Å². The molecule has 2 amide bonds. The van der Waals surface area contributed by atoms with Gasteiger partial charge in [-0.15, -0.1) is 0 Å². The normalized spacial score (nSPS) is 16.1.